The molecule has 0 spiro atoms. The fraction of sp³-hybridized carbons (Fsp3) is 0.364. The van der Waals surface area contributed by atoms with Gasteiger partial charge < -0.3 is 4.74 Å². The first-order valence-corrected chi connectivity index (χ1v) is 10.8. The number of benzene rings is 2. The molecular formula is C22H23Cl3N2O2. The Bertz CT molecular complexity index is 892. The molecule has 0 aromatic heterocycles. The predicted molar refractivity (Wildman–Crippen MR) is 120 cm³/mol. The quantitative estimate of drug-likeness (QED) is 0.304. The minimum absolute atomic E-state index is 0.241. The lowest BCUT2D eigenvalue weighted by Gasteiger charge is -2.22. The van der Waals surface area contributed by atoms with E-state index in [4.69, 9.17) is 39.5 Å². The summed E-state index contributed by atoms with van der Waals surface area (Å²) >= 11 is 17.8. The van der Waals surface area contributed by atoms with Crippen LogP contribution in [0.4, 0.5) is 0 Å². The molecule has 4 nitrogen and oxygen atoms in total. The fourth-order valence-electron chi connectivity index (χ4n) is 3.43. The van der Waals surface area contributed by atoms with Crippen LogP contribution in [0, 0.1) is 0 Å². The number of hydrazone groups is 1. The van der Waals surface area contributed by atoms with E-state index in [-0.39, 0.29) is 17.4 Å². The van der Waals surface area contributed by atoms with Gasteiger partial charge in [0.15, 0.2) is 6.61 Å². The van der Waals surface area contributed by atoms with Crippen LogP contribution in [-0.4, -0.2) is 18.2 Å². The van der Waals surface area contributed by atoms with Crippen molar-refractivity contribution in [2.45, 2.75) is 44.9 Å². The van der Waals surface area contributed by atoms with E-state index in [1.807, 2.05) is 6.92 Å². The summed E-state index contributed by atoms with van der Waals surface area (Å²) in [5.74, 6) is 0.556. The number of hydrogen-bond acceptors (Lipinski definition) is 3. The highest BCUT2D eigenvalue weighted by molar-refractivity contribution is 6.43. The summed E-state index contributed by atoms with van der Waals surface area (Å²) in [5.41, 5.74) is 5.58. The highest BCUT2D eigenvalue weighted by Crippen LogP contribution is 2.34. The Hall–Kier alpha value is -1.75. The summed E-state index contributed by atoms with van der Waals surface area (Å²) in [4.78, 5) is 12.0. The van der Waals surface area contributed by atoms with Crippen molar-refractivity contribution in [1.82, 2.24) is 5.43 Å². The molecule has 1 fully saturated rings. The van der Waals surface area contributed by atoms with Gasteiger partial charge in [0.2, 0.25) is 0 Å². The monoisotopic (exact) mass is 452 g/mol. The highest BCUT2D eigenvalue weighted by atomic mass is 35.5. The normalized spacial score (nSPS) is 15.2. The average Bonchev–Trinajstić information content (AvgIpc) is 2.74. The van der Waals surface area contributed by atoms with Gasteiger partial charge >= 0.3 is 0 Å². The molecule has 0 atom stereocenters. The van der Waals surface area contributed by atoms with Crippen molar-refractivity contribution in [3.8, 4) is 5.75 Å². The fourth-order valence-corrected chi connectivity index (χ4v) is 4.03. The second-order valence-corrected chi connectivity index (χ2v) is 8.40. The molecule has 7 heteroatoms. The summed E-state index contributed by atoms with van der Waals surface area (Å²) in [6.45, 7) is 1.61. The summed E-state index contributed by atoms with van der Waals surface area (Å²) in [6.07, 6.45) is 6.51. The van der Waals surface area contributed by atoms with Crippen LogP contribution in [0.25, 0.3) is 0 Å². The van der Waals surface area contributed by atoms with Gasteiger partial charge in [0.05, 0.1) is 20.8 Å². The van der Waals surface area contributed by atoms with Crippen molar-refractivity contribution in [1.29, 1.82) is 0 Å². The topological polar surface area (TPSA) is 50.7 Å². The number of amides is 1. The molecule has 0 heterocycles. The van der Waals surface area contributed by atoms with E-state index >= 15 is 0 Å². The summed E-state index contributed by atoms with van der Waals surface area (Å²) in [6, 6.07) is 11.4. The van der Waals surface area contributed by atoms with Crippen LogP contribution in [0.3, 0.4) is 0 Å². The lowest BCUT2D eigenvalue weighted by atomic mass is 9.84. The van der Waals surface area contributed by atoms with Gasteiger partial charge in [0.1, 0.15) is 5.75 Å². The van der Waals surface area contributed by atoms with Gasteiger partial charge in [-0.2, -0.15) is 5.10 Å². The lowest BCUT2D eigenvalue weighted by molar-refractivity contribution is -0.123. The highest BCUT2D eigenvalue weighted by Gasteiger charge is 2.15. The second kappa shape index (κ2) is 10.3. The van der Waals surface area contributed by atoms with Crippen molar-refractivity contribution in [3.05, 3.63) is 62.6 Å². The zero-order chi connectivity index (χ0) is 20.8. The average molecular weight is 454 g/mol. The molecule has 1 aliphatic rings. The summed E-state index contributed by atoms with van der Waals surface area (Å²) in [7, 11) is 0. The number of nitrogens with zero attached hydrogens (tertiary/aromatic N) is 1. The van der Waals surface area contributed by atoms with Gasteiger partial charge in [0, 0.05) is 6.07 Å². The zero-order valence-electron chi connectivity index (χ0n) is 16.2. The third-order valence-electron chi connectivity index (χ3n) is 5.09. The van der Waals surface area contributed by atoms with E-state index in [9.17, 15) is 4.79 Å². The molecule has 0 unspecified atom stereocenters. The van der Waals surface area contributed by atoms with E-state index in [0.717, 1.165) is 11.3 Å². The molecule has 1 aliphatic carbocycles. The van der Waals surface area contributed by atoms with E-state index in [1.54, 1.807) is 0 Å². The molecule has 0 bridgehead atoms. The van der Waals surface area contributed by atoms with Crippen molar-refractivity contribution in [2.75, 3.05) is 6.61 Å². The summed E-state index contributed by atoms with van der Waals surface area (Å²) in [5, 5.41) is 5.07. The molecule has 154 valence electrons. The van der Waals surface area contributed by atoms with Crippen molar-refractivity contribution < 1.29 is 9.53 Å². The Balaban J connectivity index is 1.53. The molecular weight excluding hydrogens is 431 g/mol. The van der Waals surface area contributed by atoms with Crippen LogP contribution in [0.2, 0.25) is 15.1 Å². The van der Waals surface area contributed by atoms with Crippen LogP contribution in [-0.2, 0) is 4.79 Å². The Morgan fingerprint density at radius 3 is 2.38 bits per heavy atom. The van der Waals surface area contributed by atoms with Crippen molar-refractivity contribution in [2.24, 2.45) is 5.10 Å². The van der Waals surface area contributed by atoms with E-state index < -0.39 is 5.91 Å². The molecule has 2 aromatic carbocycles. The van der Waals surface area contributed by atoms with Crippen LogP contribution in [0.5, 0.6) is 5.75 Å². The third-order valence-corrected chi connectivity index (χ3v) is 6.10. The van der Waals surface area contributed by atoms with Gasteiger partial charge in [-0.1, -0.05) is 78.3 Å². The van der Waals surface area contributed by atoms with Crippen LogP contribution >= 0.6 is 34.8 Å². The first-order chi connectivity index (χ1) is 13.9. The maximum Gasteiger partial charge on any atom is 0.277 e. The molecule has 2 aromatic rings. The first kappa shape index (κ1) is 21.9. The van der Waals surface area contributed by atoms with Gasteiger partial charge in [-0.25, -0.2) is 5.43 Å². The van der Waals surface area contributed by atoms with Gasteiger partial charge in [-0.15, -0.1) is 0 Å². The molecule has 0 aliphatic heterocycles. The van der Waals surface area contributed by atoms with Gasteiger partial charge in [0.25, 0.3) is 5.91 Å². The Kier molecular flexibility index (Phi) is 7.82. The number of hydrogen-bond donors (Lipinski definition) is 1. The van der Waals surface area contributed by atoms with E-state index in [2.05, 4.69) is 34.8 Å². The van der Waals surface area contributed by atoms with Gasteiger partial charge in [-0.05, 0) is 42.9 Å². The Morgan fingerprint density at radius 2 is 1.69 bits per heavy atom. The first-order valence-electron chi connectivity index (χ1n) is 9.65. The molecule has 29 heavy (non-hydrogen) atoms. The second-order valence-electron chi connectivity index (χ2n) is 7.17. The largest absolute Gasteiger partial charge is 0.482 e. The zero-order valence-corrected chi connectivity index (χ0v) is 18.4. The third kappa shape index (κ3) is 6.11. The maximum absolute atomic E-state index is 12.0. The van der Waals surface area contributed by atoms with E-state index in [1.165, 1.54) is 49.8 Å². The number of halogens is 3. The minimum Gasteiger partial charge on any atom is -0.482 e. The number of ether oxygens (including phenoxy) is 1. The lowest BCUT2D eigenvalue weighted by Crippen LogP contribution is -2.25. The molecule has 0 saturated heterocycles. The Morgan fingerprint density at radius 1 is 1.03 bits per heavy atom. The minimum atomic E-state index is -0.398. The number of rotatable bonds is 6. The smallest absolute Gasteiger partial charge is 0.277 e. The standard InChI is InChI=1S/C22H23Cl3N2O2/c1-14(15-7-9-17(10-8-15)16-5-3-2-4-6-16)26-27-22(28)13-29-21-12-19(24)18(23)11-20(21)25/h7-12,16H,2-6,13H2,1H3,(H,27,28)/b26-14+. The number of nitrogens with one attached hydrogen (secondary N) is 1. The summed E-state index contributed by atoms with van der Waals surface area (Å²) < 4.78 is 5.40. The van der Waals surface area contributed by atoms with Crippen LogP contribution < -0.4 is 10.2 Å². The molecule has 1 N–H and O–H groups in total. The molecule has 1 amide bonds. The van der Waals surface area contributed by atoms with Crippen LogP contribution in [0.1, 0.15) is 56.1 Å². The molecule has 0 radical (unpaired) electrons. The van der Waals surface area contributed by atoms with Crippen LogP contribution in [0.15, 0.2) is 41.5 Å². The Labute approximate surface area is 186 Å². The number of carbonyl (C=O) groups excluding carboxylic acids is 1. The molecule has 1 saturated carbocycles. The SMILES string of the molecule is C/C(=N\NC(=O)COc1cc(Cl)c(Cl)cc1Cl)c1ccc(C2CCCCC2)cc1. The van der Waals surface area contributed by atoms with Gasteiger partial charge in [-0.3, -0.25) is 4.79 Å². The van der Waals surface area contributed by atoms with Crippen molar-refractivity contribution in [3.63, 3.8) is 0 Å². The van der Waals surface area contributed by atoms with E-state index in [0.29, 0.717) is 16.0 Å². The van der Waals surface area contributed by atoms with Crippen molar-refractivity contribution >= 4 is 46.4 Å². The number of carbonyl (C=O) groups is 1. The predicted octanol–water partition coefficient (Wildman–Crippen LogP) is 6.61. The maximum atomic E-state index is 12.0. The molecule has 3 rings (SSSR count).